The van der Waals surface area contributed by atoms with Gasteiger partial charge in [-0.25, -0.2) is 0 Å². The number of hydrogen-bond donors (Lipinski definition) is 0. The number of thioether (sulfide) groups is 1. The second-order valence-electron chi connectivity index (χ2n) is 7.43. The molecule has 0 aromatic heterocycles. The van der Waals surface area contributed by atoms with Gasteiger partial charge in [-0.05, 0) is 70.2 Å². The van der Waals surface area contributed by atoms with Crippen molar-refractivity contribution in [3.8, 4) is 11.5 Å². The average Bonchev–Trinajstić information content (AvgIpc) is 2.81. The highest BCUT2D eigenvalue weighted by atomic mass is 32.2. The number of rotatable bonds is 6. The number of carbonyl (C=O) groups is 3. The van der Waals surface area contributed by atoms with Crippen LogP contribution in [-0.2, 0) is 14.3 Å². The van der Waals surface area contributed by atoms with Gasteiger partial charge in [0.1, 0.15) is 12.1 Å². The van der Waals surface area contributed by atoms with Crippen LogP contribution in [0.5, 0.6) is 11.5 Å². The molecule has 8 heteroatoms. The lowest BCUT2D eigenvalue weighted by Crippen LogP contribution is -2.37. The second kappa shape index (κ2) is 8.68. The van der Waals surface area contributed by atoms with Gasteiger partial charge in [-0.1, -0.05) is 6.07 Å². The summed E-state index contributed by atoms with van der Waals surface area (Å²) in [5.74, 6) is -0.0432. The predicted molar refractivity (Wildman–Crippen MR) is 107 cm³/mol. The zero-order chi connectivity index (χ0) is 21.1. The molecule has 0 saturated carbocycles. The summed E-state index contributed by atoms with van der Waals surface area (Å²) >= 11 is 0.784. The molecule has 0 spiro atoms. The van der Waals surface area contributed by atoms with Crippen LogP contribution in [0.25, 0.3) is 6.08 Å². The molecule has 1 aliphatic rings. The van der Waals surface area contributed by atoms with E-state index in [1.165, 1.54) is 7.11 Å². The van der Waals surface area contributed by atoms with E-state index in [1.54, 1.807) is 45.0 Å². The van der Waals surface area contributed by atoms with Crippen molar-refractivity contribution in [2.75, 3.05) is 13.7 Å². The summed E-state index contributed by atoms with van der Waals surface area (Å²) in [5, 5.41) is -0.506. The Hall–Kier alpha value is -2.48. The van der Waals surface area contributed by atoms with Crippen LogP contribution in [0.3, 0.4) is 0 Å². The normalized spacial score (nSPS) is 16.1. The highest BCUT2D eigenvalue weighted by molar-refractivity contribution is 8.18. The molecule has 1 saturated heterocycles. The van der Waals surface area contributed by atoms with E-state index >= 15 is 0 Å². The lowest BCUT2D eigenvalue weighted by molar-refractivity contribution is -0.156. The van der Waals surface area contributed by atoms with E-state index in [9.17, 15) is 14.4 Å². The third-order valence-corrected chi connectivity index (χ3v) is 4.34. The summed E-state index contributed by atoms with van der Waals surface area (Å²) in [5.41, 5.74) is -0.0128. The van der Waals surface area contributed by atoms with E-state index in [0.29, 0.717) is 17.1 Å². The van der Waals surface area contributed by atoms with E-state index in [1.807, 2.05) is 13.8 Å². The first-order valence-electron chi connectivity index (χ1n) is 8.82. The lowest BCUT2D eigenvalue weighted by atomic mass is 10.2. The topological polar surface area (TPSA) is 82.1 Å². The van der Waals surface area contributed by atoms with E-state index in [-0.39, 0.29) is 11.0 Å². The fraction of sp³-hybridized carbons (Fsp3) is 0.450. The van der Waals surface area contributed by atoms with Crippen molar-refractivity contribution in [1.82, 2.24) is 4.90 Å². The summed E-state index contributed by atoms with van der Waals surface area (Å²) in [6, 6.07) is 5.23. The zero-order valence-electron chi connectivity index (χ0n) is 16.9. The van der Waals surface area contributed by atoms with Crippen LogP contribution in [0.15, 0.2) is 23.1 Å². The first kappa shape index (κ1) is 21.8. The highest BCUT2D eigenvalue weighted by Gasteiger charge is 2.37. The molecule has 0 unspecified atom stereocenters. The van der Waals surface area contributed by atoms with Crippen LogP contribution in [-0.4, -0.2) is 47.4 Å². The Morgan fingerprint density at radius 3 is 2.46 bits per heavy atom. The third-order valence-electron chi connectivity index (χ3n) is 3.43. The third kappa shape index (κ3) is 5.76. The Kier molecular flexibility index (Phi) is 6.77. The Morgan fingerprint density at radius 2 is 1.89 bits per heavy atom. The molecule has 1 heterocycles. The molecule has 1 aliphatic heterocycles. The predicted octanol–water partition coefficient (Wildman–Crippen LogP) is 3.86. The molecule has 1 fully saturated rings. The summed E-state index contributed by atoms with van der Waals surface area (Å²) in [7, 11) is 1.53. The maximum absolute atomic E-state index is 12.5. The minimum Gasteiger partial charge on any atom is -0.493 e. The minimum atomic E-state index is -0.689. The maximum Gasteiger partial charge on any atom is 0.326 e. The standard InChI is InChI=1S/C20H25NO6S/c1-12(2)26-14-8-7-13(9-15(14)25-6)10-16-18(23)21(19(24)28-16)11-17(22)27-20(3,4)5/h7-10,12H,11H2,1-6H3/b16-10-. The van der Waals surface area contributed by atoms with Gasteiger partial charge >= 0.3 is 5.97 Å². The second-order valence-corrected chi connectivity index (χ2v) is 8.42. The summed E-state index contributed by atoms with van der Waals surface area (Å²) in [4.78, 5) is 37.8. The molecule has 0 atom stereocenters. The van der Waals surface area contributed by atoms with Crippen molar-refractivity contribution >= 4 is 35.0 Å². The zero-order valence-corrected chi connectivity index (χ0v) is 17.7. The lowest BCUT2D eigenvalue weighted by Gasteiger charge is -2.21. The molecule has 0 bridgehead atoms. The van der Waals surface area contributed by atoms with Crippen molar-refractivity contribution in [3.05, 3.63) is 28.7 Å². The molecule has 2 amide bonds. The number of hydrogen-bond acceptors (Lipinski definition) is 7. The Balaban J connectivity index is 2.18. The number of imide groups is 1. The van der Waals surface area contributed by atoms with Gasteiger partial charge in [0.25, 0.3) is 11.1 Å². The number of ether oxygens (including phenoxy) is 3. The van der Waals surface area contributed by atoms with Crippen LogP contribution < -0.4 is 9.47 Å². The monoisotopic (exact) mass is 407 g/mol. The highest BCUT2D eigenvalue weighted by Crippen LogP contribution is 2.34. The quantitative estimate of drug-likeness (QED) is 0.523. The molecule has 1 aromatic carbocycles. The first-order valence-corrected chi connectivity index (χ1v) is 9.63. The van der Waals surface area contributed by atoms with Gasteiger partial charge in [-0.15, -0.1) is 0 Å². The van der Waals surface area contributed by atoms with Gasteiger partial charge in [0, 0.05) is 0 Å². The Labute approximate surface area is 169 Å². The van der Waals surface area contributed by atoms with Gasteiger partial charge in [0.15, 0.2) is 11.5 Å². The van der Waals surface area contributed by atoms with Crippen LogP contribution in [0.4, 0.5) is 4.79 Å². The first-order chi connectivity index (χ1) is 13.0. The van der Waals surface area contributed by atoms with E-state index in [0.717, 1.165) is 16.7 Å². The van der Waals surface area contributed by atoms with Gasteiger partial charge < -0.3 is 14.2 Å². The van der Waals surface area contributed by atoms with Crippen LogP contribution in [0.1, 0.15) is 40.2 Å². The number of amides is 2. The largest absolute Gasteiger partial charge is 0.493 e. The summed E-state index contributed by atoms with van der Waals surface area (Å²) in [6.07, 6.45) is 1.57. The number of esters is 1. The number of methoxy groups -OCH3 is 1. The number of nitrogens with zero attached hydrogens (tertiary/aromatic N) is 1. The Bertz CT molecular complexity index is 809. The van der Waals surface area contributed by atoms with Gasteiger partial charge in [0.05, 0.1) is 18.1 Å². The minimum absolute atomic E-state index is 0.0101. The molecule has 0 N–H and O–H groups in total. The van der Waals surface area contributed by atoms with Crippen molar-refractivity contribution in [1.29, 1.82) is 0 Å². The molecule has 1 aromatic rings. The van der Waals surface area contributed by atoms with E-state index in [2.05, 4.69) is 0 Å². The SMILES string of the molecule is COc1cc(/C=C2\SC(=O)N(CC(=O)OC(C)(C)C)C2=O)ccc1OC(C)C. The van der Waals surface area contributed by atoms with E-state index in [4.69, 9.17) is 14.2 Å². The van der Waals surface area contributed by atoms with Gasteiger partial charge in [0.2, 0.25) is 0 Å². The van der Waals surface area contributed by atoms with Gasteiger partial charge in [-0.2, -0.15) is 0 Å². The van der Waals surface area contributed by atoms with Crippen molar-refractivity contribution in [3.63, 3.8) is 0 Å². The van der Waals surface area contributed by atoms with Crippen LogP contribution >= 0.6 is 11.8 Å². The number of benzene rings is 1. The molecular formula is C20H25NO6S. The van der Waals surface area contributed by atoms with Crippen molar-refractivity contribution < 1.29 is 28.6 Å². The van der Waals surface area contributed by atoms with Crippen LogP contribution in [0.2, 0.25) is 0 Å². The number of carbonyl (C=O) groups excluding carboxylic acids is 3. The van der Waals surface area contributed by atoms with Crippen molar-refractivity contribution in [2.24, 2.45) is 0 Å². The molecule has 152 valence electrons. The smallest absolute Gasteiger partial charge is 0.326 e. The molecule has 2 rings (SSSR count). The summed E-state index contributed by atoms with van der Waals surface area (Å²) in [6.45, 7) is 8.57. The summed E-state index contributed by atoms with van der Waals surface area (Å²) < 4.78 is 16.2. The maximum atomic E-state index is 12.5. The fourth-order valence-corrected chi connectivity index (χ4v) is 3.25. The van der Waals surface area contributed by atoms with Crippen molar-refractivity contribution in [2.45, 2.75) is 46.3 Å². The molecular weight excluding hydrogens is 382 g/mol. The van der Waals surface area contributed by atoms with Crippen LogP contribution in [0, 0.1) is 0 Å². The molecule has 7 nitrogen and oxygen atoms in total. The molecule has 28 heavy (non-hydrogen) atoms. The Morgan fingerprint density at radius 1 is 1.21 bits per heavy atom. The molecule has 0 radical (unpaired) electrons. The van der Waals surface area contributed by atoms with Gasteiger partial charge in [-0.3, -0.25) is 19.3 Å². The van der Waals surface area contributed by atoms with E-state index < -0.39 is 29.3 Å². The molecule has 0 aliphatic carbocycles. The fourth-order valence-electron chi connectivity index (χ4n) is 2.42. The average molecular weight is 407 g/mol.